The number of allylic oxidation sites excluding steroid dienone is 2. The van der Waals surface area contributed by atoms with Crippen molar-refractivity contribution in [3.05, 3.63) is 12.2 Å². The third-order valence-corrected chi connectivity index (χ3v) is 15.8. The second kappa shape index (κ2) is 20.5. The lowest BCUT2D eigenvalue weighted by Crippen LogP contribution is -2.54. The van der Waals surface area contributed by atoms with Gasteiger partial charge in [-0.05, 0) is 154 Å². The molecule has 0 aromatic heterocycles. The van der Waals surface area contributed by atoms with E-state index in [1.54, 1.807) is 0 Å². The Morgan fingerprint density at radius 1 is 0.714 bits per heavy atom. The molecule has 0 aromatic carbocycles. The van der Waals surface area contributed by atoms with Crippen LogP contribution in [0.1, 0.15) is 215 Å². The van der Waals surface area contributed by atoms with Crippen LogP contribution >= 0.6 is 0 Å². The molecule has 2 nitrogen and oxygen atoms in total. The molecule has 4 rings (SSSR count). The Morgan fingerprint density at radius 3 is 2.02 bits per heavy atom. The Balaban J connectivity index is 1.11. The summed E-state index contributed by atoms with van der Waals surface area (Å²) in [5, 5.41) is 0. The Kier molecular flexibility index (Phi) is 17.1. The van der Waals surface area contributed by atoms with Gasteiger partial charge in [0, 0.05) is 6.42 Å². The normalized spacial score (nSPS) is 34.0. The monoisotopic (exact) mass is 681 g/mol. The Labute approximate surface area is 306 Å². The van der Waals surface area contributed by atoms with Crippen molar-refractivity contribution in [1.29, 1.82) is 0 Å². The van der Waals surface area contributed by atoms with Gasteiger partial charge in [0.1, 0.15) is 6.10 Å². The standard InChI is InChI=1S/C47H84O2/c1-8-10-11-12-13-14-15-16-17-18-19-20-21-22-23-24-45(48)49-40-31-33-46(6)39(35-40)27-28-41-43-30-29-42(47(43,7)34-32-44(41)46)37(5)25-26-38(9-2)36(3)4/h16-17,36-44H,8-15,18-35H2,1-7H3/b17-16-/t37-,38-,39?,40?,41+,42-,43+,44+,46+,47-/m1/s1. The van der Waals surface area contributed by atoms with Crippen molar-refractivity contribution in [1.82, 2.24) is 0 Å². The second-order valence-corrected chi connectivity index (χ2v) is 19.1. The summed E-state index contributed by atoms with van der Waals surface area (Å²) in [6.45, 7) is 17.6. The maximum Gasteiger partial charge on any atom is 0.306 e. The third kappa shape index (κ3) is 11.1. The van der Waals surface area contributed by atoms with Gasteiger partial charge >= 0.3 is 5.97 Å². The zero-order valence-electron chi connectivity index (χ0n) is 34.1. The van der Waals surface area contributed by atoms with E-state index >= 15 is 0 Å². The van der Waals surface area contributed by atoms with Gasteiger partial charge in [-0.15, -0.1) is 0 Å². The molecule has 0 amide bonds. The number of fused-ring (bicyclic) bond motifs is 5. The largest absolute Gasteiger partial charge is 0.462 e. The summed E-state index contributed by atoms with van der Waals surface area (Å²) in [5.41, 5.74) is 1.03. The Morgan fingerprint density at radius 2 is 1.35 bits per heavy atom. The predicted octanol–water partition coefficient (Wildman–Crippen LogP) is 14.7. The van der Waals surface area contributed by atoms with Gasteiger partial charge in [0.2, 0.25) is 0 Å². The first-order chi connectivity index (χ1) is 23.6. The van der Waals surface area contributed by atoms with Crippen molar-refractivity contribution in [2.45, 2.75) is 222 Å². The molecule has 49 heavy (non-hydrogen) atoms. The number of esters is 1. The lowest BCUT2D eigenvalue weighted by molar-refractivity contribution is -0.162. The predicted molar refractivity (Wildman–Crippen MR) is 212 cm³/mol. The first-order valence-electron chi connectivity index (χ1n) is 22.5. The molecular formula is C47H84O2. The quantitative estimate of drug-likeness (QED) is 0.0646. The van der Waals surface area contributed by atoms with Gasteiger partial charge in [-0.2, -0.15) is 0 Å². The summed E-state index contributed by atoms with van der Waals surface area (Å²) in [6.07, 6.45) is 38.8. The van der Waals surface area contributed by atoms with Crippen LogP contribution in [0.2, 0.25) is 0 Å². The van der Waals surface area contributed by atoms with Gasteiger partial charge in [-0.3, -0.25) is 4.79 Å². The highest BCUT2D eigenvalue weighted by Gasteiger charge is 2.60. The fourth-order valence-corrected chi connectivity index (χ4v) is 12.6. The lowest BCUT2D eigenvalue weighted by Gasteiger charge is -2.61. The summed E-state index contributed by atoms with van der Waals surface area (Å²) >= 11 is 0. The zero-order chi connectivity index (χ0) is 35.3. The molecule has 0 radical (unpaired) electrons. The van der Waals surface area contributed by atoms with Crippen molar-refractivity contribution in [2.75, 3.05) is 0 Å². The molecule has 4 saturated carbocycles. The number of hydrogen-bond acceptors (Lipinski definition) is 2. The Hall–Kier alpha value is -0.790. The number of carbonyl (C=O) groups excluding carboxylic acids is 1. The van der Waals surface area contributed by atoms with E-state index in [0.29, 0.717) is 17.3 Å². The summed E-state index contributed by atoms with van der Waals surface area (Å²) in [7, 11) is 0. The van der Waals surface area contributed by atoms with E-state index < -0.39 is 0 Å². The van der Waals surface area contributed by atoms with E-state index in [9.17, 15) is 4.79 Å². The number of hydrogen-bond donors (Lipinski definition) is 0. The number of unbranched alkanes of at least 4 members (excludes halogenated alkanes) is 11. The fraction of sp³-hybridized carbons (Fsp3) is 0.936. The average molecular weight is 681 g/mol. The molecule has 10 atom stereocenters. The van der Waals surface area contributed by atoms with Gasteiger partial charge < -0.3 is 4.74 Å². The Bertz CT molecular complexity index is 967. The molecule has 284 valence electrons. The highest BCUT2D eigenvalue weighted by molar-refractivity contribution is 5.69. The maximum atomic E-state index is 12.9. The fourth-order valence-electron chi connectivity index (χ4n) is 12.6. The lowest BCUT2D eigenvalue weighted by atomic mass is 9.44. The number of rotatable bonds is 22. The summed E-state index contributed by atoms with van der Waals surface area (Å²) in [5.74, 6) is 7.17. The van der Waals surface area contributed by atoms with Gasteiger partial charge in [0.05, 0.1) is 0 Å². The first-order valence-corrected chi connectivity index (χ1v) is 22.5. The zero-order valence-corrected chi connectivity index (χ0v) is 34.1. The van der Waals surface area contributed by atoms with E-state index in [4.69, 9.17) is 4.74 Å². The van der Waals surface area contributed by atoms with Crippen LogP contribution in [0.3, 0.4) is 0 Å². The van der Waals surface area contributed by atoms with Crippen LogP contribution in [0.5, 0.6) is 0 Å². The number of ether oxygens (including phenoxy) is 1. The molecule has 0 aromatic rings. The average Bonchev–Trinajstić information content (AvgIpc) is 3.44. The maximum absolute atomic E-state index is 12.9. The highest BCUT2D eigenvalue weighted by atomic mass is 16.5. The molecule has 0 bridgehead atoms. The molecule has 4 aliphatic rings. The smallest absolute Gasteiger partial charge is 0.306 e. The molecule has 0 heterocycles. The van der Waals surface area contributed by atoms with Crippen LogP contribution < -0.4 is 0 Å². The van der Waals surface area contributed by atoms with E-state index in [2.05, 4.69) is 60.6 Å². The van der Waals surface area contributed by atoms with Crippen LogP contribution in [-0.4, -0.2) is 12.1 Å². The van der Waals surface area contributed by atoms with E-state index in [0.717, 1.165) is 66.6 Å². The van der Waals surface area contributed by atoms with Gasteiger partial charge in [0.25, 0.3) is 0 Å². The molecule has 0 N–H and O–H groups in total. The van der Waals surface area contributed by atoms with Crippen LogP contribution in [0.25, 0.3) is 0 Å². The highest BCUT2D eigenvalue weighted by Crippen LogP contribution is 2.68. The van der Waals surface area contributed by atoms with Gasteiger partial charge in [-0.25, -0.2) is 0 Å². The SMILES string of the molecule is CCCCCCCC/C=C\CCCCCCCC(=O)OC1CC[C@@]2(C)C(CC[C@H]3[C@@H]4CC[C@H]([C@H](C)CC[C@@H](CC)C(C)C)[C@@]4(C)CC[C@@H]32)C1. The molecule has 0 spiro atoms. The van der Waals surface area contributed by atoms with Crippen molar-refractivity contribution in [3.8, 4) is 0 Å². The van der Waals surface area contributed by atoms with Crippen LogP contribution in [0.4, 0.5) is 0 Å². The van der Waals surface area contributed by atoms with Gasteiger partial charge in [0.15, 0.2) is 0 Å². The number of carbonyl (C=O) groups is 1. The molecule has 2 heteroatoms. The molecular weight excluding hydrogens is 597 g/mol. The first kappa shape index (κ1) is 41.0. The van der Waals surface area contributed by atoms with Crippen LogP contribution in [-0.2, 0) is 9.53 Å². The van der Waals surface area contributed by atoms with Gasteiger partial charge in [-0.1, -0.05) is 125 Å². The van der Waals surface area contributed by atoms with Crippen molar-refractivity contribution in [3.63, 3.8) is 0 Å². The van der Waals surface area contributed by atoms with E-state index in [1.807, 2.05) is 0 Å². The summed E-state index contributed by atoms with van der Waals surface area (Å²) < 4.78 is 6.18. The van der Waals surface area contributed by atoms with Crippen LogP contribution in [0, 0.1) is 58.2 Å². The summed E-state index contributed by atoms with van der Waals surface area (Å²) in [4.78, 5) is 12.9. The summed E-state index contributed by atoms with van der Waals surface area (Å²) in [6, 6.07) is 0. The van der Waals surface area contributed by atoms with Crippen molar-refractivity contribution >= 4 is 5.97 Å². The van der Waals surface area contributed by atoms with Crippen LogP contribution in [0.15, 0.2) is 12.2 Å². The molecule has 4 fully saturated rings. The minimum absolute atomic E-state index is 0.0816. The van der Waals surface area contributed by atoms with E-state index in [-0.39, 0.29) is 12.1 Å². The molecule has 4 aliphatic carbocycles. The molecule has 2 unspecified atom stereocenters. The van der Waals surface area contributed by atoms with Crippen molar-refractivity contribution in [2.24, 2.45) is 58.2 Å². The minimum Gasteiger partial charge on any atom is -0.462 e. The molecule has 0 aliphatic heterocycles. The minimum atomic E-state index is 0.0816. The topological polar surface area (TPSA) is 26.3 Å². The van der Waals surface area contributed by atoms with Crippen molar-refractivity contribution < 1.29 is 9.53 Å². The van der Waals surface area contributed by atoms with E-state index in [1.165, 1.54) is 141 Å². The second-order valence-electron chi connectivity index (χ2n) is 19.1. The third-order valence-electron chi connectivity index (χ3n) is 15.8. The molecule has 0 saturated heterocycles.